The summed E-state index contributed by atoms with van der Waals surface area (Å²) in [5.74, 6) is 0.807. The highest BCUT2D eigenvalue weighted by Crippen LogP contribution is 2.35. The molecular formula is C11H13NO3S3. The summed E-state index contributed by atoms with van der Waals surface area (Å²) in [6, 6.07) is 6.47. The van der Waals surface area contributed by atoms with Crippen LogP contribution in [-0.4, -0.2) is 34.5 Å². The molecule has 1 heterocycles. The Labute approximate surface area is 116 Å². The maximum absolute atomic E-state index is 11.1. The molecule has 1 fully saturated rings. The predicted molar refractivity (Wildman–Crippen MR) is 76.4 cm³/mol. The lowest BCUT2D eigenvalue weighted by Crippen LogP contribution is -2.26. The van der Waals surface area contributed by atoms with Crippen molar-refractivity contribution in [1.82, 2.24) is 4.90 Å². The van der Waals surface area contributed by atoms with E-state index in [4.69, 9.17) is 16.8 Å². The van der Waals surface area contributed by atoms with Crippen molar-refractivity contribution in [2.24, 2.45) is 0 Å². The van der Waals surface area contributed by atoms with E-state index in [0.29, 0.717) is 0 Å². The zero-order valence-electron chi connectivity index (χ0n) is 9.74. The van der Waals surface area contributed by atoms with E-state index in [0.717, 1.165) is 22.2 Å². The fourth-order valence-corrected chi connectivity index (χ4v) is 4.05. The molecule has 1 aliphatic heterocycles. The number of thiocarbonyl (C=S) groups is 1. The van der Waals surface area contributed by atoms with Gasteiger partial charge in [0, 0.05) is 12.3 Å². The Morgan fingerprint density at radius 3 is 2.89 bits per heavy atom. The Bertz CT molecular complexity index is 571. The number of benzene rings is 1. The molecule has 1 aliphatic rings. The van der Waals surface area contributed by atoms with Crippen LogP contribution in [0.3, 0.4) is 0 Å². The zero-order chi connectivity index (χ0) is 13.3. The van der Waals surface area contributed by atoms with Gasteiger partial charge in [0.05, 0.1) is 10.9 Å². The normalized spacial score (nSPS) is 20.4. The molecule has 0 spiro atoms. The van der Waals surface area contributed by atoms with Gasteiger partial charge in [0.2, 0.25) is 0 Å². The highest BCUT2D eigenvalue weighted by atomic mass is 32.2. The molecular weight excluding hydrogens is 290 g/mol. The lowest BCUT2D eigenvalue weighted by Gasteiger charge is -2.24. The van der Waals surface area contributed by atoms with Crippen molar-refractivity contribution in [3.63, 3.8) is 0 Å². The van der Waals surface area contributed by atoms with Gasteiger partial charge < -0.3 is 4.90 Å². The van der Waals surface area contributed by atoms with Crippen LogP contribution in [-0.2, 0) is 10.1 Å². The molecule has 1 aromatic carbocycles. The molecule has 1 unspecified atom stereocenters. The summed E-state index contributed by atoms with van der Waals surface area (Å²) in [6.07, 6.45) is 0. The minimum atomic E-state index is -4.15. The molecule has 4 nitrogen and oxygen atoms in total. The first-order valence-corrected chi connectivity index (χ1v) is 8.27. The lowest BCUT2D eigenvalue weighted by atomic mass is 10.1. The number of hydrogen-bond donors (Lipinski definition) is 1. The lowest BCUT2D eigenvalue weighted by molar-refractivity contribution is 0.380. The van der Waals surface area contributed by atoms with Crippen LogP contribution in [0.25, 0.3) is 0 Å². The van der Waals surface area contributed by atoms with Gasteiger partial charge in [0.15, 0.2) is 0 Å². The van der Waals surface area contributed by atoms with Crippen molar-refractivity contribution in [2.45, 2.75) is 17.9 Å². The van der Waals surface area contributed by atoms with Crippen molar-refractivity contribution in [1.29, 1.82) is 0 Å². The van der Waals surface area contributed by atoms with E-state index in [1.165, 1.54) is 12.1 Å². The molecule has 1 N–H and O–H groups in total. The number of thioether (sulfide) groups is 1. The second-order valence-corrected chi connectivity index (χ2v) is 7.00. The molecule has 0 aliphatic carbocycles. The molecule has 1 saturated heterocycles. The highest BCUT2D eigenvalue weighted by Gasteiger charge is 2.29. The van der Waals surface area contributed by atoms with Crippen molar-refractivity contribution in [3.8, 4) is 0 Å². The summed E-state index contributed by atoms with van der Waals surface area (Å²) >= 11 is 6.84. The van der Waals surface area contributed by atoms with Crippen LogP contribution < -0.4 is 0 Å². The van der Waals surface area contributed by atoms with E-state index in [1.54, 1.807) is 17.8 Å². The van der Waals surface area contributed by atoms with E-state index in [-0.39, 0.29) is 10.9 Å². The summed E-state index contributed by atoms with van der Waals surface area (Å²) in [4.78, 5) is 1.99. The topological polar surface area (TPSA) is 57.6 Å². The van der Waals surface area contributed by atoms with Gasteiger partial charge >= 0.3 is 0 Å². The minimum Gasteiger partial charge on any atom is -0.350 e. The Kier molecular flexibility index (Phi) is 3.96. The van der Waals surface area contributed by atoms with Crippen LogP contribution in [0.15, 0.2) is 29.2 Å². The number of nitrogens with zero attached hydrogens (tertiary/aromatic N) is 1. The van der Waals surface area contributed by atoms with Crippen molar-refractivity contribution < 1.29 is 13.0 Å². The van der Waals surface area contributed by atoms with Crippen molar-refractivity contribution >= 4 is 38.4 Å². The van der Waals surface area contributed by atoms with E-state index >= 15 is 0 Å². The van der Waals surface area contributed by atoms with Crippen LogP contribution in [0.5, 0.6) is 0 Å². The third-order valence-electron chi connectivity index (χ3n) is 2.86. The Morgan fingerprint density at radius 2 is 2.28 bits per heavy atom. The van der Waals surface area contributed by atoms with Crippen LogP contribution in [0.2, 0.25) is 0 Å². The fourth-order valence-electron chi connectivity index (χ4n) is 1.96. The van der Waals surface area contributed by atoms with Crippen LogP contribution >= 0.6 is 24.0 Å². The van der Waals surface area contributed by atoms with E-state index in [9.17, 15) is 8.42 Å². The highest BCUT2D eigenvalue weighted by molar-refractivity contribution is 8.23. The molecule has 0 aromatic heterocycles. The summed E-state index contributed by atoms with van der Waals surface area (Å²) < 4.78 is 32.1. The van der Waals surface area contributed by atoms with E-state index in [2.05, 4.69) is 4.90 Å². The molecule has 0 bridgehead atoms. The van der Waals surface area contributed by atoms with Crippen LogP contribution in [0, 0.1) is 0 Å². The molecule has 0 amide bonds. The Hall–Kier alpha value is -0.630. The van der Waals surface area contributed by atoms with E-state index in [1.807, 2.05) is 13.0 Å². The Morgan fingerprint density at radius 1 is 1.56 bits per heavy atom. The summed E-state index contributed by atoms with van der Waals surface area (Å²) in [5, 5.41) is 0. The van der Waals surface area contributed by atoms with Crippen molar-refractivity contribution in [3.05, 3.63) is 29.8 Å². The van der Waals surface area contributed by atoms with Gasteiger partial charge in [-0.2, -0.15) is 8.42 Å². The molecule has 0 saturated carbocycles. The van der Waals surface area contributed by atoms with Crippen molar-refractivity contribution in [2.75, 3.05) is 12.3 Å². The fraction of sp³-hybridized carbons (Fsp3) is 0.364. The predicted octanol–water partition coefficient (Wildman–Crippen LogP) is 2.33. The first-order valence-electron chi connectivity index (χ1n) is 5.44. The first-order chi connectivity index (χ1) is 8.43. The monoisotopic (exact) mass is 303 g/mol. The molecule has 18 heavy (non-hydrogen) atoms. The zero-order valence-corrected chi connectivity index (χ0v) is 12.2. The Balaban J connectivity index is 2.38. The van der Waals surface area contributed by atoms with Crippen LogP contribution in [0.1, 0.15) is 18.5 Å². The van der Waals surface area contributed by atoms with Gasteiger partial charge in [0.1, 0.15) is 4.32 Å². The summed E-state index contributed by atoms with van der Waals surface area (Å²) in [7, 11) is -4.15. The maximum Gasteiger partial charge on any atom is 0.294 e. The van der Waals surface area contributed by atoms with Gasteiger partial charge in [-0.1, -0.05) is 36.1 Å². The molecule has 1 aromatic rings. The number of rotatable bonds is 3. The average molecular weight is 303 g/mol. The molecule has 0 radical (unpaired) electrons. The van der Waals surface area contributed by atoms with Gasteiger partial charge in [-0.3, -0.25) is 4.55 Å². The molecule has 98 valence electrons. The first kappa shape index (κ1) is 13.8. The largest absolute Gasteiger partial charge is 0.350 e. The van der Waals surface area contributed by atoms with Crippen LogP contribution in [0.4, 0.5) is 0 Å². The summed E-state index contributed by atoms with van der Waals surface area (Å²) in [6.45, 7) is 2.80. The van der Waals surface area contributed by atoms with Gasteiger partial charge in [0.25, 0.3) is 10.1 Å². The third-order valence-corrected chi connectivity index (χ3v) is 5.26. The SMILES string of the molecule is CCN1C(=S)SCC1c1cccc(S(=O)(=O)O)c1. The molecule has 1 atom stereocenters. The standard InChI is InChI=1S/C11H13NO3S3/c1-2-12-10(7-17-11(12)16)8-4-3-5-9(6-8)18(13,14)15/h3-6,10H,2,7H2,1H3,(H,13,14,15). The van der Waals surface area contributed by atoms with Gasteiger partial charge in [-0.05, 0) is 24.6 Å². The second-order valence-electron chi connectivity index (χ2n) is 3.93. The minimum absolute atomic E-state index is 0.0705. The number of hydrogen-bond acceptors (Lipinski definition) is 4. The molecule has 2 rings (SSSR count). The van der Waals surface area contributed by atoms with Gasteiger partial charge in [-0.25, -0.2) is 0 Å². The summed E-state index contributed by atoms with van der Waals surface area (Å²) in [5.41, 5.74) is 0.860. The quantitative estimate of drug-likeness (QED) is 0.683. The second kappa shape index (κ2) is 5.16. The van der Waals surface area contributed by atoms with Gasteiger partial charge in [-0.15, -0.1) is 0 Å². The average Bonchev–Trinajstić information content (AvgIpc) is 2.69. The third kappa shape index (κ3) is 2.69. The van der Waals surface area contributed by atoms with E-state index < -0.39 is 10.1 Å². The smallest absolute Gasteiger partial charge is 0.294 e. The molecule has 7 heteroatoms. The maximum atomic E-state index is 11.1.